The fourth-order valence-corrected chi connectivity index (χ4v) is 4.73. The number of nitrogens with zero attached hydrogens (tertiary/aromatic N) is 3. The Hall–Kier alpha value is -2.12. The second-order valence-electron chi connectivity index (χ2n) is 6.67. The number of fused-ring (bicyclic) bond motifs is 2. The van der Waals surface area contributed by atoms with Gasteiger partial charge in [-0.15, -0.1) is 0 Å². The van der Waals surface area contributed by atoms with Gasteiger partial charge in [-0.3, -0.25) is 0 Å². The number of benzene rings is 1. The van der Waals surface area contributed by atoms with E-state index in [1.54, 1.807) is 24.3 Å². The fraction of sp³-hybridized carbons (Fsp3) is 0.471. The zero-order chi connectivity index (χ0) is 17.4. The van der Waals surface area contributed by atoms with Gasteiger partial charge in [0, 0.05) is 10.4 Å². The Balaban J connectivity index is 1.98. The minimum Gasteiger partial charge on any atom is -0.386 e. The minimum absolute atomic E-state index is 0.0816. The van der Waals surface area contributed by atoms with Gasteiger partial charge >= 0.3 is 0 Å². The summed E-state index contributed by atoms with van der Waals surface area (Å²) in [5, 5.41) is 20.7. The van der Waals surface area contributed by atoms with Crippen LogP contribution in [0.25, 0.3) is 0 Å². The lowest BCUT2D eigenvalue weighted by atomic mass is 9.85. The topological polar surface area (TPSA) is 104 Å². The normalized spacial score (nSPS) is 45.4. The maximum atomic E-state index is 10.1. The molecule has 24 heavy (non-hydrogen) atoms. The van der Waals surface area contributed by atoms with Crippen LogP contribution in [0.5, 0.6) is 0 Å². The van der Waals surface area contributed by atoms with Crippen molar-refractivity contribution in [1.29, 1.82) is 10.5 Å². The van der Waals surface area contributed by atoms with Crippen molar-refractivity contribution in [3.05, 3.63) is 34.9 Å². The minimum atomic E-state index is -1.55. The van der Waals surface area contributed by atoms with Gasteiger partial charge in [0.1, 0.15) is 5.84 Å². The Kier molecular flexibility index (Phi) is 2.75. The number of hydrogen-bond donors (Lipinski definition) is 1. The molecule has 6 nitrogen and oxygen atoms in total. The van der Waals surface area contributed by atoms with E-state index in [0.29, 0.717) is 11.6 Å². The highest BCUT2D eigenvalue weighted by molar-refractivity contribution is 6.30. The summed E-state index contributed by atoms with van der Waals surface area (Å²) >= 11 is 5.98. The third-order valence-corrected chi connectivity index (χ3v) is 6.01. The summed E-state index contributed by atoms with van der Waals surface area (Å²) in [5.74, 6) is -1.46. The summed E-state index contributed by atoms with van der Waals surface area (Å²) in [7, 11) is 0. The summed E-state index contributed by atoms with van der Waals surface area (Å²) in [5.41, 5.74) is 3.38. The molecule has 1 saturated carbocycles. The lowest BCUT2D eigenvalue weighted by Crippen LogP contribution is -2.42. The summed E-state index contributed by atoms with van der Waals surface area (Å²) in [6, 6.07) is 11.6. The van der Waals surface area contributed by atoms with Gasteiger partial charge in [-0.05, 0) is 24.6 Å². The monoisotopic (exact) mass is 342 g/mol. The van der Waals surface area contributed by atoms with Gasteiger partial charge in [0.2, 0.25) is 0 Å². The van der Waals surface area contributed by atoms with Crippen molar-refractivity contribution in [2.45, 2.75) is 31.3 Å². The molecule has 0 radical (unpaired) electrons. The molecule has 1 saturated heterocycles. The third kappa shape index (κ3) is 1.23. The molecular weight excluding hydrogens is 328 g/mol. The molecule has 0 aromatic heterocycles. The predicted octanol–water partition coefficient (Wildman–Crippen LogP) is 2.09. The van der Waals surface area contributed by atoms with Gasteiger partial charge in [0.25, 0.3) is 5.91 Å². The van der Waals surface area contributed by atoms with Gasteiger partial charge < -0.3 is 15.2 Å². The first kappa shape index (κ1) is 15.4. The molecule has 0 unspecified atom stereocenters. The molecule has 1 aromatic rings. The summed E-state index contributed by atoms with van der Waals surface area (Å²) in [6.45, 7) is 3.96. The van der Waals surface area contributed by atoms with E-state index in [2.05, 4.69) is 17.1 Å². The second-order valence-corrected chi connectivity index (χ2v) is 7.11. The van der Waals surface area contributed by atoms with E-state index in [9.17, 15) is 10.5 Å². The number of nitriles is 2. The number of hydrogen-bond acceptors (Lipinski definition) is 6. The van der Waals surface area contributed by atoms with Crippen molar-refractivity contribution < 1.29 is 9.47 Å². The molecule has 122 valence electrons. The number of halogens is 1. The molecule has 7 heteroatoms. The number of amidine groups is 1. The molecule has 2 aliphatic heterocycles. The zero-order valence-electron chi connectivity index (χ0n) is 13.2. The lowest BCUT2D eigenvalue weighted by Gasteiger charge is -2.30. The summed E-state index contributed by atoms with van der Waals surface area (Å²) in [4.78, 5) is 4.30. The molecule has 2 heterocycles. The van der Waals surface area contributed by atoms with Crippen LogP contribution in [-0.4, -0.2) is 24.5 Å². The van der Waals surface area contributed by atoms with Crippen molar-refractivity contribution in [2.24, 2.45) is 21.6 Å². The van der Waals surface area contributed by atoms with E-state index >= 15 is 0 Å². The highest BCUT2D eigenvalue weighted by atomic mass is 35.5. The first-order valence-electron chi connectivity index (χ1n) is 7.61. The van der Waals surface area contributed by atoms with Gasteiger partial charge in [-0.25, -0.2) is 4.99 Å². The Morgan fingerprint density at radius 2 is 1.96 bits per heavy atom. The smallest absolute Gasteiger partial charge is 0.294 e. The summed E-state index contributed by atoms with van der Waals surface area (Å²) in [6.07, 6.45) is -0.240. The highest BCUT2D eigenvalue weighted by Gasteiger charge is 3.00. The zero-order valence-corrected chi connectivity index (χ0v) is 14.0. The van der Waals surface area contributed by atoms with Gasteiger partial charge in [0.05, 0.1) is 24.8 Å². The molecule has 0 bridgehead atoms. The molecule has 0 amide bonds. The lowest BCUT2D eigenvalue weighted by molar-refractivity contribution is -0.196. The van der Waals surface area contributed by atoms with Gasteiger partial charge in [-0.1, -0.05) is 30.7 Å². The van der Waals surface area contributed by atoms with E-state index in [1.165, 1.54) is 0 Å². The third-order valence-electron chi connectivity index (χ3n) is 5.76. The molecule has 3 aliphatic rings. The van der Waals surface area contributed by atoms with E-state index in [-0.39, 0.29) is 11.9 Å². The quantitative estimate of drug-likeness (QED) is 0.841. The van der Waals surface area contributed by atoms with E-state index < -0.39 is 22.2 Å². The first-order valence-corrected chi connectivity index (χ1v) is 7.99. The average Bonchev–Trinajstić information content (AvgIpc) is 2.75. The van der Waals surface area contributed by atoms with E-state index in [0.717, 1.165) is 5.56 Å². The van der Waals surface area contributed by atoms with Crippen LogP contribution in [0.4, 0.5) is 0 Å². The molecule has 2 N–H and O–H groups in total. The van der Waals surface area contributed by atoms with Gasteiger partial charge in [-0.2, -0.15) is 10.5 Å². The van der Waals surface area contributed by atoms with Gasteiger partial charge in [0.15, 0.2) is 10.8 Å². The van der Waals surface area contributed by atoms with Crippen molar-refractivity contribution in [2.75, 3.05) is 6.61 Å². The number of nitrogens with two attached hydrogens (primary N) is 1. The molecule has 1 aliphatic carbocycles. The summed E-state index contributed by atoms with van der Waals surface area (Å²) < 4.78 is 11.7. The SMILES string of the molecule is C[C@H]1CO[C@]2(N=C(N)[C@@]3(C#N)[C@](C)(c4ccc(Cl)cc4)[C@@]23C#N)O1. The van der Waals surface area contributed by atoms with Crippen molar-refractivity contribution in [3.63, 3.8) is 0 Å². The van der Waals surface area contributed by atoms with Crippen LogP contribution < -0.4 is 5.73 Å². The molecule has 5 atom stereocenters. The van der Waals surface area contributed by atoms with E-state index in [1.807, 2.05) is 13.8 Å². The maximum absolute atomic E-state index is 10.1. The Bertz CT molecular complexity index is 857. The maximum Gasteiger partial charge on any atom is 0.294 e. The van der Waals surface area contributed by atoms with E-state index in [4.69, 9.17) is 26.8 Å². The molecule has 4 rings (SSSR count). The largest absolute Gasteiger partial charge is 0.386 e. The van der Waals surface area contributed by atoms with Crippen LogP contribution in [-0.2, 0) is 14.9 Å². The second kappa shape index (κ2) is 4.29. The average molecular weight is 343 g/mol. The number of ether oxygens (including phenoxy) is 2. The molecule has 1 aromatic carbocycles. The number of aliphatic imine (C=N–C) groups is 1. The fourth-order valence-electron chi connectivity index (χ4n) is 4.61. The standard InChI is InChI=1S/C17H15ClN4O2/c1-10-7-23-17(24-10)16(9-20)14(2,11-3-5-12(18)6-4-11)15(16,8-19)13(21)22-17/h3-6,10H,7H2,1-2H3,(H2,21,22)/t10-,14-,15-,16+,17-/m0/s1. The highest BCUT2D eigenvalue weighted by Crippen LogP contribution is 2.85. The first-order chi connectivity index (χ1) is 11.3. The Morgan fingerprint density at radius 1 is 1.29 bits per heavy atom. The molecule has 2 fully saturated rings. The Labute approximate surface area is 144 Å². The predicted molar refractivity (Wildman–Crippen MR) is 85.7 cm³/mol. The van der Waals surface area contributed by atoms with Crippen molar-refractivity contribution in [1.82, 2.24) is 0 Å². The number of rotatable bonds is 1. The molecular formula is C17H15ClN4O2. The van der Waals surface area contributed by atoms with Crippen LogP contribution in [0, 0.1) is 33.5 Å². The van der Waals surface area contributed by atoms with Crippen molar-refractivity contribution in [3.8, 4) is 12.1 Å². The molecule has 1 spiro atoms. The Morgan fingerprint density at radius 3 is 2.46 bits per heavy atom. The van der Waals surface area contributed by atoms with Crippen LogP contribution in [0.3, 0.4) is 0 Å². The van der Waals surface area contributed by atoms with Crippen LogP contribution in [0.15, 0.2) is 29.3 Å². The van der Waals surface area contributed by atoms with Crippen LogP contribution in [0.2, 0.25) is 5.02 Å². The van der Waals surface area contributed by atoms with Crippen molar-refractivity contribution >= 4 is 17.4 Å². The van der Waals surface area contributed by atoms with Crippen LogP contribution in [0.1, 0.15) is 19.4 Å². The van der Waals surface area contributed by atoms with Crippen LogP contribution >= 0.6 is 11.6 Å².